The van der Waals surface area contributed by atoms with Gasteiger partial charge in [-0.1, -0.05) is 30.3 Å². The first-order valence-corrected chi connectivity index (χ1v) is 9.40. The minimum absolute atomic E-state index is 0. The fourth-order valence-electron chi connectivity index (χ4n) is 3.57. The fraction of sp³-hybridized carbons (Fsp3) is 0.409. The summed E-state index contributed by atoms with van der Waals surface area (Å²) in [7, 11) is 0. The van der Waals surface area contributed by atoms with Crippen molar-refractivity contribution in [2.24, 2.45) is 0 Å². The Hall–Kier alpha value is -2.04. The van der Waals surface area contributed by atoms with Crippen LogP contribution in [-0.2, 0) is 5.41 Å². The highest BCUT2D eigenvalue weighted by Crippen LogP contribution is 2.30. The van der Waals surface area contributed by atoms with E-state index in [0.717, 1.165) is 31.7 Å². The Balaban J connectivity index is 0.00000261. The van der Waals surface area contributed by atoms with Crippen LogP contribution < -0.4 is 15.4 Å². The Kier molecular flexibility index (Phi) is 7.69. The zero-order valence-electron chi connectivity index (χ0n) is 16.0. The standard InChI is InChI=1S/C22H28N2O2.ClH/c1-17(2)26-20-11-9-18(10-12-20)21(25)24-16-22(13-6-14-23-15-22)19-7-4-3-5-8-19;/h3-5,7-12,17,23H,6,13-16H2,1-2H3,(H,24,25);1H. The molecule has 0 bridgehead atoms. The van der Waals surface area contributed by atoms with Gasteiger partial charge in [-0.3, -0.25) is 4.79 Å². The van der Waals surface area contributed by atoms with Crippen molar-refractivity contribution >= 4 is 18.3 Å². The van der Waals surface area contributed by atoms with Crippen LogP contribution in [0.4, 0.5) is 0 Å². The molecule has 2 aromatic carbocycles. The van der Waals surface area contributed by atoms with Crippen LogP contribution >= 0.6 is 12.4 Å². The largest absolute Gasteiger partial charge is 0.491 e. The summed E-state index contributed by atoms with van der Waals surface area (Å²) in [5.41, 5.74) is 1.90. The monoisotopic (exact) mass is 388 g/mol. The quantitative estimate of drug-likeness (QED) is 0.787. The normalized spacial score (nSPS) is 19.2. The van der Waals surface area contributed by atoms with Crippen molar-refractivity contribution in [3.05, 3.63) is 65.7 Å². The molecule has 2 aromatic rings. The van der Waals surface area contributed by atoms with Crippen LogP contribution in [0, 0.1) is 0 Å². The van der Waals surface area contributed by atoms with Gasteiger partial charge in [-0.2, -0.15) is 0 Å². The van der Waals surface area contributed by atoms with Gasteiger partial charge < -0.3 is 15.4 Å². The molecule has 1 amide bonds. The van der Waals surface area contributed by atoms with E-state index in [1.54, 1.807) is 0 Å². The van der Waals surface area contributed by atoms with Crippen LogP contribution in [0.25, 0.3) is 0 Å². The lowest BCUT2D eigenvalue weighted by Gasteiger charge is -2.38. The van der Waals surface area contributed by atoms with Crippen molar-refractivity contribution in [3.63, 3.8) is 0 Å². The molecule has 2 N–H and O–H groups in total. The van der Waals surface area contributed by atoms with Gasteiger partial charge in [-0.05, 0) is 63.1 Å². The molecule has 1 saturated heterocycles. The molecule has 146 valence electrons. The molecule has 1 aliphatic heterocycles. The lowest BCUT2D eigenvalue weighted by atomic mass is 9.74. The van der Waals surface area contributed by atoms with Gasteiger partial charge in [0.1, 0.15) is 5.75 Å². The third kappa shape index (κ3) is 5.47. The van der Waals surface area contributed by atoms with Crippen LogP contribution in [-0.4, -0.2) is 31.6 Å². The van der Waals surface area contributed by atoms with Crippen LogP contribution in [0.3, 0.4) is 0 Å². The first-order chi connectivity index (χ1) is 12.6. The Morgan fingerprint density at radius 1 is 1.15 bits per heavy atom. The van der Waals surface area contributed by atoms with E-state index in [2.05, 4.69) is 34.9 Å². The second kappa shape index (κ2) is 9.77. The highest BCUT2D eigenvalue weighted by Gasteiger charge is 2.34. The molecular weight excluding hydrogens is 360 g/mol. The Morgan fingerprint density at radius 2 is 1.85 bits per heavy atom. The van der Waals surface area contributed by atoms with Crippen molar-refractivity contribution in [1.29, 1.82) is 0 Å². The van der Waals surface area contributed by atoms with Gasteiger partial charge in [-0.15, -0.1) is 12.4 Å². The molecule has 1 fully saturated rings. The van der Waals surface area contributed by atoms with Crippen molar-refractivity contribution < 1.29 is 9.53 Å². The van der Waals surface area contributed by atoms with E-state index in [1.165, 1.54) is 5.56 Å². The second-order valence-corrected chi connectivity index (χ2v) is 7.30. The molecule has 27 heavy (non-hydrogen) atoms. The molecule has 0 aliphatic carbocycles. The van der Waals surface area contributed by atoms with Gasteiger partial charge in [0.15, 0.2) is 0 Å². The number of halogens is 1. The zero-order valence-corrected chi connectivity index (χ0v) is 16.9. The zero-order chi connectivity index (χ0) is 18.4. The molecule has 0 spiro atoms. The van der Waals surface area contributed by atoms with E-state index in [4.69, 9.17) is 4.74 Å². The second-order valence-electron chi connectivity index (χ2n) is 7.30. The number of hydrogen-bond acceptors (Lipinski definition) is 3. The number of ether oxygens (including phenoxy) is 1. The number of piperidine rings is 1. The summed E-state index contributed by atoms with van der Waals surface area (Å²) in [5, 5.41) is 6.64. The highest BCUT2D eigenvalue weighted by molar-refractivity contribution is 5.94. The van der Waals surface area contributed by atoms with Crippen molar-refractivity contribution in [2.75, 3.05) is 19.6 Å². The third-order valence-electron chi connectivity index (χ3n) is 4.93. The number of hydrogen-bond donors (Lipinski definition) is 2. The number of amides is 1. The van der Waals surface area contributed by atoms with E-state index in [1.807, 2.05) is 44.2 Å². The Morgan fingerprint density at radius 3 is 2.44 bits per heavy atom. The SMILES string of the molecule is CC(C)Oc1ccc(C(=O)NCC2(c3ccccc3)CCCNC2)cc1.Cl. The van der Waals surface area contributed by atoms with Crippen molar-refractivity contribution in [1.82, 2.24) is 10.6 Å². The summed E-state index contributed by atoms with van der Waals surface area (Å²) < 4.78 is 5.64. The molecule has 5 heteroatoms. The minimum atomic E-state index is -0.0458. The number of rotatable bonds is 6. The summed E-state index contributed by atoms with van der Waals surface area (Å²) in [6.45, 7) is 6.54. The third-order valence-corrected chi connectivity index (χ3v) is 4.93. The molecule has 1 aliphatic rings. The van der Waals surface area contributed by atoms with E-state index < -0.39 is 0 Å². The van der Waals surface area contributed by atoms with Crippen LogP contribution in [0.1, 0.15) is 42.6 Å². The van der Waals surface area contributed by atoms with Gasteiger partial charge in [0.2, 0.25) is 0 Å². The molecule has 0 radical (unpaired) electrons. The van der Waals surface area contributed by atoms with Crippen molar-refractivity contribution in [2.45, 2.75) is 38.2 Å². The molecule has 0 aromatic heterocycles. The van der Waals surface area contributed by atoms with Gasteiger partial charge in [-0.25, -0.2) is 0 Å². The summed E-state index contributed by atoms with van der Waals surface area (Å²) in [4.78, 5) is 12.6. The number of benzene rings is 2. The molecule has 0 saturated carbocycles. The van der Waals surface area contributed by atoms with Crippen molar-refractivity contribution in [3.8, 4) is 5.75 Å². The number of nitrogens with one attached hydrogen (secondary N) is 2. The first kappa shape index (κ1) is 21.3. The minimum Gasteiger partial charge on any atom is -0.491 e. The van der Waals surface area contributed by atoms with Crippen LogP contribution in [0.5, 0.6) is 5.75 Å². The van der Waals surface area contributed by atoms with E-state index >= 15 is 0 Å². The molecular formula is C22H29ClN2O2. The average molecular weight is 389 g/mol. The summed E-state index contributed by atoms with van der Waals surface area (Å²) in [5.74, 6) is 0.746. The predicted octanol–water partition coefficient (Wildman–Crippen LogP) is 3.95. The van der Waals surface area contributed by atoms with Crippen LogP contribution in [0.2, 0.25) is 0 Å². The smallest absolute Gasteiger partial charge is 0.251 e. The fourth-order valence-corrected chi connectivity index (χ4v) is 3.57. The summed E-state index contributed by atoms with van der Waals surface area (Å²) >= 11 is 0. The maximum absolute atomic E-state index is 12.6. The molecule has 1 unspecified atom stereocenters. The van der Waals surface area contributed by atoms with Gasteiger partial charge >= 0.3 is 0 Å². The van der Waals surface area contributed by atoms with E-state index in [9.17, 15) is 4.79 Å². The Bertz CT molecular complexity index is 711. The summed E-state index contributed by atoms with van der Waals surface area (Å²) in [6.07, 6.45) is 2.32. The molecule has 1 atom stereocenters. The van der Waals surface area contributed by atoms with Gasteiger partial charge in [0.25, 0.3) is 5.91 Å². The van der Waals surface area contributed by atoms with Crippen LogP contribution in [0.15, 0.2) is 54.6 Å². The first-order valence-electron chi connectivity index (χ1n) is 9.40. The van der Waals surface area contributed by atoms with Gasteiger partial charge in [0, 0.05) is 24.1 Å². The maximum atomic E-state index is 12.6. The predicted molar refractivity (Wildman–Crippen MR) is 112 cm³/mol. The molecule has 1 heterocycles. The Labute approximate surface area is 168 Å². The average Bonchev–Trinajstić information content (AvgIpc) is 2.68. The lowest BCUT2D eigenvalue weighted by Crippen LogP contribution is -2.50. The molecule has 4 nitrogen and oxygen atoms in total. The highest BCUT2D eigenvalue weighted by atomic mass is 35.5. The van der Waals surface area contributed by atoms with E-state index in [0.29, 0.717) is 12.1 Å². The maximum Gasteiger partial charge on any atom is 0.251 e. The molecule has 3 rings (SSSR count). The number of carbonyl (C=O) groups is 1. The van der Waals surface area contributed by atoms with E-state index in [-0.39, 0.29) is 29.8 Å². The van der Waals surface area contributed by atoms with Gasteiger partial charge in [0.05, 0.1) is 6.10 Å². The lowest BCUT2D eigenvalue weighted by molar-refractivity contribution is 0.0939. The summed E-state index contributed by atoms with van der Waals surface area (Å²) in [6, 6.07) is 17.8. The number of carbonyl (C=O) groups excluding carboxylic acids is 1. The topological polar surface area (TPSA) is 50.4 Å².